The Bertz CT molecular complexity index is 813. The molecule has 0 amide bonds. The van der Waals surface area contributed by atoms with Gasteiger partial charge >= 0.3 is 5.97 Å². The zero-order valence-corrected chi connectivity index (χ0v) is 12.5. The molecule has 0 aliphatic rings. The Hall–Kier alpha value is -2.63. The van der Waals surface area contributed by atoms with Gasteiger partial charge in [-0.3, -0.25) is 4.79 Å². The number of ether oxygens (including phenoxy) is 1. The van der Waals surface area contributed by atoms with Crippen LogP contribution in [-0.2, 0) is 9.53 Å². The summed E-state index contributed by atoms with van der Waals surface area (Å²) in [7, 11) is 0. The van der Waals surface area contributed by atoms with Gasteiger partial charge in [-0.05, 0) is 26.0 Å². The number of carbonyl (C=O) groups is 1. The number of hydrogen-bond donors (Lipinski definition) is 1. The molecular formula is C16H17N3O3. The number of anilines is 1. The molecule has 2 heterocycles. The predicted molar refractivity (Wildman–Crippen MR) is 83.6 cm³/mol. The summed E-state index contributed by atoms with van der Waals surface area (Å²) in [5.74, 6) is 0.343. The molecule has 1 aromatic carbocycles. The highest BCUT2D eigenvalue weighted by Crippen LogP contribution is 2.30. The number of nitrogens with one attached hydrogen (secondary N) is 1. The van der Waals surface area contributed by atoms with E-state index in [4.69, 9.17) is 9.15 Å². The Labute approximate surface area is 127 Å². The van der Waals surface area contributed by atoms with Crippen LogP contribution in [0.4, 0.5) is 5.82 Å². The van der Waals surface area contributed by atoms with Crippen LogP contribution in [0.3, 0.4) is 0 Å². The number of carbonyl (C=O) groups excluding carboxylic acids is 1. The highest BCUT2D eigenvalue weighted by Gasteiger charge is 2.16. The van der Waals surface area contributed by atoms with Crippen LogP contribution in [0.2, 0.25) is 0 Å². The monoisotopic (exact) mass is 299 g/mol. The molecule has 1 atom stereocenters. The first-order valence-electron chi connectivity index (χ1n) is 7.23. The maximum atomic E-state index is 11.5. The number of para-hydroxylation sites is 1. The average molecular weight is 299 g/mol. The van der Waals surface area contributed by atoms with Crippen LogP contribution in [-0.4, -0.2) is 28.6 Å². The molecule has 1 unspecified atom stereocenters. The Morgan fingerprint density at radius 3 is 3.00 bits per heavy atom. The van der Waals surface area contributed by atoms with Gasteiger partial charge in [-0.15, -0.1) is 0 Å². The van der Waals surface area contributed by atoms with Crippen molar-refractivity contribution in [2.45, 2.75) is 26.3 Å². The van der Waals surface area contributed by atoms with Gasteiger partial charge < -0.3 is 14.5 Å². The second kappa shape index (κ2) is 6.01. The number of furan rings is 1. The maximum absolute atomic E-state index is 11.5. The third-order valence-electron chi connectivity index (χ3n) is 3.32. The van der Waals surface area contributed by atoms with Gasteiger partial charge in [0.2, 0.25) is 0 Å². The van der Waals surface area contributed by atoms with Gasteiger partial charge in [0.05, 0.1) is 13.0 Å². The van der Waals surface area contributed by atoms with Crippen molar-refractivity contribution in [1.29, 1.82) is 0 Å². The largest absolute Gasteiger partial charge is 0.466 e. The molecule has 114 valence electrons. The van der Waals surface area contributed by atoms with Crippen LogP contribution < -0.4 is 5.32 Å². The molecule has 3 aromatic rings. The molecule has 0 saturated heterocycles. The molecule has 2 aromatic heterocycles. The number of hydrogen-bond acceptors (Lipinski definition) is 6. The predicted octanol–water partition coefficient (Wildman–Crippen LogP) is 3.13. The number of benzene rings is 1. The van der Waals surface area contributed by atoms with Gasteiger partial charge in [-0.25, -0.2) is 9.97 Å². The summed E-state index contributed by atoms with van der Waals surface area (Å²) in [5.41, 5.74) is 2.12. The molecule has 6 heteroatoms. The van der Waals surface area contributed by atoms with E-state index in [-0.39, 0.29) is 18.4 Å². The van der Waals surface area contributed by atoms with E-state index in [0.29, 0.717) is 18.0 Å². The molecule has 0 radical (unpaired) electrons. The smallest absolute Gasteiger partial charge is 0.307 e. The van der Waals surface area contributed by atoms with E-state index in [1.165, 1.54) is 6.33 Å². The van der Waals surface area contributed by atoms with Crippen LogP contribution >= 0.6 is 0 Å². The fraction of sp³-hybridized carbons (Fsp3) is 0.312. The number of esters is 1. The first kappa shape index (κ1) is 14.3. The lowest BCUT2D eigenvalue weighted by atomic mass is 10.2. The van der Waals surface area contributed by atoms with Crippen molar-refractivity contribution in [2.24, 2.45) is 0 Å². The zero-order valence-electron chi connectivity index (χ0n) is 12.5. The fourth-order valence-electron chi connectivity index (χ4n) is 2.38. The molecule has 1 N–H and O–H groups in total. The van der Waals surface area contributed by atoms with E-state index in [1.54, 1.807) is 6.92 Å². The molecule has 0 bridgehead atoms. The van der Waals surface area contributed by atoms with Crippen LogP contribution in [0.15, 0.2) is 35.0 Å². The standard InChI is InChI=1S/C16H17N3O3/c1-3-21-13(20)8-10(2)19-16-15-14(17-9-18-16)11-6-4-5-7-12(11)22-15/h4-7,9-10H,3,8H2,1-2H3,(H,17,18,19). The normalized spacial score (nSPS) is 12.5. The molecule has 0 aliphatic carbocycles. The number of fused-ring (bicyclic) bond motifs is 3. The topological polar surface area (TPSA) is 77.2 Å². The lowest BCUT2D eigenvalue weighted by molar-refractivity contribution is -0.143. The summed E-state index contributed by atoms with van der Waals surface area (Å²) in [4.78, 5) is 20.0. The third-order valence-corrected chi connectivity index (χ3v) is 3.32. The second-order valence-corrected chi connectivity index (χ2v) is 5.05. The van der Waals surface area contributed by atoms with E-state index >= 15 is 0 Å². The number of nitrogens with zero attached hydrogens (tertiary/aromatic N) is 2. The van der Waals surface area contributed by atoms with E-state index in [0.717, 1.165) is 16.5 Å². The first-order chi connectivity index (χ1) is 10.7. The minimum atomic E-state index is -0.239. The van der Waals surface area contributed by atoms with Gasteiger partial charge in [-0.1, -0.05) is 12.1 Å². The van der Waals surface area contributed by atoms with Crippen molar-refractivity contribution >= 4 is 33.9 Å². The van der Waals surface area contributed by atoms with Crippen LogP contribution in [0.5, 0.6) is 0 Å². The highest BCUT2D eigenvalue weighted by molar-refractivity contribution is 6.05. The van der Waals surface area contributed by atoms with E-state index in [2.05, 4.69) is 15.3 Å². The molecule has 22 heavy (non-hydrogen) atoms. The quantitative estimate of drug-likeness (QED) is 0.729. The lowest BCUT2D eigenvalue weighted by Crippen LogP contribution is -2.21. The summed E-state index contributed by atoms with van der Waals surface area (Å²) in [6, 6.07) is 7.58. The zero-order chi connectivity index (χ0) is 15.5. The van der Waals surface area contributed by atoms with E-state index in [9.17, 15) is 4.79 Å². The molecule has 0 saturated carbocycles. The lowest BCUT2D eigenvalue weighted by Gasteiger charge is -2.13. The first-order valence-corrected chi connectivity index (χ1v) is 7.23. The van der Waals surface area contributed by atoms with Crippen LogP contribution in [0.25, 0.3) is 22.1 Å². The summed E-state index contributed by atoms with van der Waals surface area (Å²) < 4.78 is 10.8. The Kier molecular flexibility index (Phi) is 3.91. The van der Waals surface area contributed by atoms with Gasteiger partial charge in [0.1, 0.15) is 17.4 Å². The summed E-state index contributed by atoms with van der Waals surface area (Å²) >= 11 is 0. The van der Waals surface area contributed by atoms with Gasteiger partial charge in [-0.2, -0.15) is 0 Å². The Morgan fingerprint density at radius 2 is 2.18 bits per heavy atom. The highest BCUT2D eigenvalue weighted by atomic mass is 16.5. The van der Waals surface area contributed by atoms with Gasteiger partial charge in [0.25, 0.3) is 0 Å². The molecule has 0 aliphatic heterocycles. The molecular weight excluding hydrogens is 282 g/mol. The van der Waals surface area contributed by atoms with Gasteiger partial charge in [0, 0.05) is 11.4 Å². The number of rotatable bonds is 5. The molecule has 3 rings (SSSR count). The van der Waals surface area contributed by atoms with Gasteiger partial charge in [0.15, 0.2) is 11.4 Å². The molecule has 6 nitrogen and oxygen atoms in total. The number of aromatic nitrogens is 2. The third kappa shape index (κ3) is 2.72. The van der Waals surface area contributed by atoms with Crippen molar-refractivity contribution in [3.8, 4) is 0 Å². The van der Waals surface area contributed by atoms with E-state index < -0.39 is 0 Å². The van der Waals surface area contributed by atoms with Crippen LogP contribution in [0, 0.1) is 0 Å². The summed E-state index contributed by atoms with van der Waals surface area (Å²) in [6.07, 6.45) is 1.75. The van der Waals surface area contributed by atoms with Crippen molar-refractivity contribution in [1.82, 2.24) is 9.97 Å². The van der Waals surface area contributed by atoms with E-state index in [1.807, 2.05) is 31.2 Å². The Morgan fingerprint density at radius 1 is 1.36 bits per heavy atom. The molecule has 0 spiro atoms. The SMILES string of the molecule is CCOC(=O)CC(C)Nc1ncnc2c1oc1ccccc12. The van der Waals surface area contributed by atoms with Crippen molar-refractivity contribution in [3.63, 3.8) is 0 Å². The minimum absolute atomic E-state index is 0.120. The van der Waals surface area contributed by atoms with Crippen LogP contribution in [0.1, 0.15) is 20.3 Å². The fourth-order valence-corrected chi connectivity index (χ4v) is 2.38. The van der Waals surface area contributed by atoms with Crippen molar-refractivity contribution in [3.05, 3.63) is 30.6 Å². The summed E-state index contributed by atoms with van der Waals surface area (Å²) in [6.45, 7) is 4.07. The van der Waals surface area contributed by atoms with Crippen molar-refractivity contribution in [2.75, 3.05) is 11.9 Å². The average Bonchev–Trinajstić information content (AvgIpc) is 2.87. The molecule has 0 fully saturated rings. The minimum Gasteiger partial charge on any atom is -0.466 e. The Balaban J connectivity index is 1.89. The maximum Gasteiger partial charge on any atom is 0.307 e. The van der Waals surface area contributed by atoms with Crippen molar-refractivity contribution < 1.29 is 13.9 Å². The summed E-state index contributed by atoms with van der Waals surface area (Å²) in [5, 5.41) is 4.13. The second-order valence-electron chi connectivity index (χ2n) is 5.05.